The molecular formula is C55H52F33N3O27S11-4. The number of sulfonamides is 6. The molecule has 0 aliphatic heterocycles. The van der Waals surface area contributed by atoms with Crippen LogP contribution in [0, 0.1) is 0 Å². The highest BCUT2D eigenvalue weighted by Gasteiger charge is 2.85. The maximum absolute atomic E-state index is 14.0. The minimum absolute atomic E-state index is 0.0256. The Hall–Kier alpha value is -6.94. The molecule has 0 bridgehead atoms. The van der Waals surface area contributed by atoms with E-state index in [1.54, 1.807) is 48.5 Å². The van der Waals surface area contributed by atoms with E-state index in [0.29, 0.717) is 96.7 Å². The highest BCUT2D eigenvalue weighted by atomic mass is 32.3. The van der Waals surface area contributed by atoms with Gasteiger partial charge in [-0.25, -0.2) is 58.9 Å². The fraction of sp³-hybridized carbons (Fsp3) is 0.564. The van der Waals surface area contributed by atoms with Crippen molar-refractivity contribution in [2.24, 2.45) is 0 Å². The molecule has 4 aromatic carbocycles. The van der Waals surface area contributed by atoms with Gasteiger partial charge in [0.05, 0.1) is 0 Å². The summed E-state index contributed by atoms with van der Waals surface area (Å²) in [6.45, 7) is 13.9. The first-order chi connectivity index (χ1) is 56.6. The van der Waals surface area contributed by atoms with Crippen molar-refractivity contribution < 1.29 is 259 Å². The van der Waals surface area contributed by atoms with Crippen LogP contribution in [-0.2, 0) is 111 Å². The minimum Gasteiger partial charge on any atom is -0.743 e. The second-order valence-corrected chi connectivity index (χ2v) is 43.1. The Bertz CT molecular complexity index is 5510. The van der Waals surface area contributed by atoms with Crippen LogP contribution in [0.5, 0.6) is 23.0 Å². The summed E-state index contributed by atoms with van der Waals surface area (Å²) in [6.07, 6.45) is 2.33. The van der Waals surface area contributed by atoms with Crippen LogP contribution in [0.15, 0.2) is 97.1 Å². The molecule has 0 amide bonds. The predicted molar refractivity (Wildman–Crippen MR) is 370 cm³/mol. The van der Waals surface area contributed by atoms with E-state index in [1.165, 1.54) is 12.1 Å². The van der Waals surface area contributed by atoms with Crippen LogP contribution in [0.1, 0.15) is 127 Å². The Balaban J connectivity index is 0.000000863. The van der Waals surface area contributed by atoms with E-state index in [2.05, 4.69) is 16.7 Å². The summed E-state index contributed by atoms with van der Waals surface area (Å²) >= 11 is 0. The second-order valence-electron chi connectivity index (χ2n) is 25.0. The molecule has 74 heteroatoms. The molecule has 0 N–H and O–H groups in total. The van der Waals surface area contributed by atoms with Crippen molar-refractivity contribution in [1.82, 2.24) is 0 Å². The van der Waals surface area contributed by atoms with Crippen molar-refractivity contribution >= 4 is 111 Å². The van der Waals surface area contributed by atoms with Gasteiger partial charge in [-0.3, -0.25) is 0 Å². The van der Waals surface area contributed by atoms with Crippen LogP contribution in [0.3, 0.4) is 0 Å². The Morgan fingerprint density at radius 1 is 0.233 bits per heavy atom. The van der Waals surface area contributed by atoms with Gasteiger partial charge in [-0.15, -0.1) is 0 Å². The first-order valence-corrected chi connectivity index (χ1v) is 47.8. The molecule has 0 spiro atoms. The molecule has 0 aliphatic rings. The Morgan fingerprint density at radius 3 is 0.481 bits per heavy atom. The summed E-state index contributed by atoms with van der Waals surface area (Å²) in [7, 11) is -81.9. The van der Waals surface area contributed by atoms with E-state index in [4.69, 9.17) is 0 Å². The van der Waals surface area contributed by atoms with Gasteiger partial charge in [0.2, 0.25) is 0 Å². The molecule has 4 unspecified atom stereocenters. The topological polar surface area (TPSA) is 478 Å². The van der Waals surface area contributed by atoms with Gasteiger partial charge in [0.25, 0.3) is 0 Å². The summed E-state index contributed by atoms with van der Waals surface area (Å²) in [5.41, 5.74) is -18.0. The number of halogens is 33. The molecule has 4 atom stereocenters. The van der Waals surface area contributed by atoms with Gasteiger partial charge in [0.15, 0.2) is 70.3 Å². The van der Waals surface area contributed by atoms with Crippen LogP contribution >= 0.6 is 0 Å². The number of rotatable bonds is 38. The molecule has 0 heterocycles. The highest BCUT2D eigenvalue weighted by molar-refractivity contribution is 8.14. The quantitative estimate of drug-likeness (QED) is 0.0228. The lowest BCUT2D eigenvalue weighted by Gasteiger charge is -2.35. The molecule has 30 nitrogen and oxygen atoms in total. The second kappa shape index (κ2) is 38.8. The number of hydrogen-bond acceptors (Lipinski definition) is 27. The van der Waals surface area contributed by atoms with Crippen molar-refractivity contribution in [3.63, 3.8) is 0 Å². The number of hydrogen-bond donors (Lipinski definition) is 0. The Kier molecular flexibility index (Phi) is 36.1. The van der Waals surface area contributed by atoms with Crippen molar-refractivity contribution in [2.75, 3.05) is 0 Å². The van der Waals surface area contributed by atoms with E-state index in [1.807, 2.05) is 6.92 Å². The number of nitrogens with zero attached hydrogens (tertiary/aromatic N) is 3. The zero-order valence-electron chi connectivity index (χ0n) is 63.2. The largest absolute Gasteiger partial charge is 0.743 e. The van der Waals surface area contributed by atoms with Crippen LogP contribution in [-0.4, -0.2) is 179 Å². The maximum atomic E-state index is 14.0. The van der Waals surface area contributed by atoms with Crippen LogP contribution in [0.2, 0.25) is 0 Å². The summed E-state index contributed by atoms with van der Waals surface area (Å²) in [4.78, 5) is 0. The fourth-order valence-electron chi connectivity index (χ4n) is 7.67. The molecule has 0 aromatic heterocycles. The fourth-order valence-corrected chi connectivity index (χ4v) is 18.6. The molecule has 0 saturated carbocycles. The number of alkyl halides is 33. The zero-order chi connectivity index (χ0) is 103. The normalized spacial score (nSPS) is 15.7. The van der Waals surface area contributed by atoms with Gasteiger partial charge in [-0.1, -0.05) is 104 Å². The molecule has 0 aliphatic carbocycles. The number of benzene rings is 4. The average Bonchev–Trinajstić information content (AvgIpc) is 0.756. The molecule has 0 fully saturated rings. The van der Waals surface area contributed by atoms with Crippen LogP contribution < -0.4 is 16.7 Å². The van der Waals surface area contributed by atoms with E-state index < -0.39 is 216 Å². The van der Waals surface area contributed by atoms with Crippen molar-refractivity contribution in [1.29, 1.82) is 0 Å². The van der Waals surface area contributed by atoms with Gasteiger partial charge in [0.1, 0.15) is 23.0 Å². The molecule has 0 radical (unpaired) electrons. The Morgan fingerprint density at radius 2 is 0.364 bits per heavy atom. The lowest BCUT2D eigenvalue weighted by Crippen LogP contribution is -2.61. The minimum atomic E-state index is -7.96. The predicted octanol–water partition coefficient (Wildman–Crippen LogP) is 16.1. The first kappa shape index (κ1) is 120. The van der Waals surface area contributed by atoms with Crippen LogP contribution in [0.4, 0.5) is 145 Å². The van der Waals surface area contributed by atoms with Crippen molar-refractivity contribution in [3.8, 4) is 23.0 Å². The third-order valence-electron chi connectivity index (χ3n) is 16.0. The molecule has 4 rings (SSSR count). The van der Waals surface area contributed by atoms with Gasteiger partial charge in [0, 0.05) is 0 Å². The standard InChI is InChI=1S/3C14H13F9NO7S3.C13H14F6O6S2/c3*1-3-8(2)9-4-6-10(7-5-9)31-34(29,30)13(19,20)11(15,16)12(17,18)32(25,26)24-33(27,28)14(21,22)23;1-3-8(2)9-4-6-10(7-5-9)25-27(23,24)13(18,19)11(14,15)12(16,17)26(20,21)22/h3*4-8H,3H2,1-2H3;4-8H,3H2,1-2H3,(H,20,21,22)/q3*-1;/p-1. The van der Waals surface area contributed by atoms with Crippen LogP contribution in [0.25, 0.3) is 12.4 Å². The smallest absolute Gasteiger partial charge is 0.480 e. The molecule has 0 saturated heterocycles. The summed E-state index contributed by atoms with van der Waals surface area (Å²) < 4.78 is 710. The third-order valence-corrected chi connectivity index (χ3v) is 31.2. The molecular weight excluding hydrogens is 2110 g/mol. The lowest BCUT2D eigenvalue weighted by molar-refractivity contribution is -0.247. The van der Waals surface area contributed by atoms with Gasteiger partial charge < -0.3 is 33.7 Å². The SMILES string of the molecule is CCC(C)c1ccc(OS(=O)(=O)C(F)(F)C(F)(F)C(F)(F)S(=O)(=O)[N-]S(=O)(=O)C(F)(F)F)cc1.CCC(C)c1ccc(OS(=O)(=O)C(F)(F)C(F)(F)C(F)(F)S(=O)(=O)[N-]S(=O)(=O)C(F)(F)F)cc1.CCC(C)c1ccc(OS(=O)(=O)C(F)(F)C(F)(F)C(F)(F)S(=O)(=O)[N-]S(=O)(=O)C(F)(F)F)cc1.CCC(C)c1ccc(OS(=O)(=O)C(F)(F)C(F)(F)C(F)(F)S(=O)(=O)[O-])cc1. The zero-order valence-corrected chi connectivity index (χ0v) is 72.2. The van der Waals surface area contributed by atoms with E-state index in [0.717, 1.165) is 48.5 Å². The summed E-state index contributed by atoms with van der Waals surface area (Å²) in [5.74, 6) is -34.5. The van der Waals surface area contributed by atoms with Gasteiger partial charge in [-0.2, -0.15) is 179 Å². The first-order valence-electron chi connectivity index (χ1n) is 32.1. The summed E-state index contributed by atoms with van der Waals surface area (Å²) in [5, 5.41) is -57.4. The molecule has 4 aromatic rings. The highest BCUT2D eigenvalue weighted by Crippen LogP contribution is 2.58. The van der Waals surface area contributed by atoms with E-state index >= 15 is 0 Å². The molecule has 750 valence electrons. The average molecular weight is 2170 g/mol. The summed E-state index contributed by atoms with van der Waals surface area (Å²) in [6, 6.07) is 14.8. The lowest BCUT2D eigenvalue weighted by atomic mass is 9.99. The van der Waals surface area contributed by atoms with Crippen molar-refractivity contribution in [2.45, 2.75) is 187 Å². The van der Waals surface area contributed by atoms with E-state index in [9.17, 15) is 242 Å². The molecule has 129 heavy (non-hydrogen) atoms. The monoisotopic (exact) mass is 2160 g/mol. The van der Waals surface area contributed by atoms with E-state index in [-0.39, 0.29) is 23.7 Å². The maximum Gasteiger partial charge on any atom is 0.480 e. The third kappa shape index (κ3) is 24.2. The van der Waals surface area contributed by atoms with Crippen molar-refractivity contribution in [3.05, 3.63) is 132 Å². The van der Waals surface area contributed by atoms with Gasteiger partial charge in [-0.05, 0) is 120 Å². The van der Waals surface area contributed by atoms with Gasteiger partial charge >= 0.3 is 123 Å². The Labute approximate surface area is 707 Å².